The summed E-state index contributed by atoms with van der Waals surface area (Å²) in [5.41, 5.74) is 0.909. The summed E-state index contributed by atoms with van der Waals surface area (Å²) in [6, 6.07) is 0. The highest BCUT2D eigenvalue weighted by Gasteiger charge is 2.22. The first kappa shape index (κ1) is 14.3. The van der Waals surface area contributed by atoms with Crippen LogP contribution in [0.4, 0.5) is 5.82 Å². The average Bonchev–Trinajstić information content (AvgIpc) is 2.42. The molecule has 1 N–H and O–H groups in total. The highest BCUT2D eigenvalue weighted by atomic mass is 127. The summed E-state index contributed by atoms with van der Waals surface area (Å²) in [6.45, 7) is 1.25. The fraction of sp³-hybridized carbons (Fsp3) is 0.636. The van der Waals surface area contributed by atoms with Crippen LogP contribution in [0.3, 0.4) is 0 Å². The van der Waals surface area contributed by atoms with E-state index in [4.69, 9.17) is 9.47 Å². The summed E-state index contributed by atoms with van der Waals surface area (Å²) in [4.78, 5) is 9.11. The molecule has 2 heterocycles. The summed E-state index contributed by atoms with van der Waals surface area (Å²) < 4.78 is 11.9. The quantitative estimate of drug-likeness (QED) is 0.807. The predicted octanol–water partition coefficient (Wildman–Crippen LogP) is 2.07. The monoisotopic (exact) mass is 381 g/mol. The van der Waals surface area contributed by atoms with E-state index >= 15 is 0 Å². The van der Waals surface area contributed by atoms with Gasteiger partial charge in [0.05, 0.1) is 22.5 Å². The highest BCUT2D eigenvalue weighted by molar-refractivity contribution is 14.1. The Kier molecular flexibility index (Phi) is 5.46. The number of hydrogen-bond acceptors (Lipinski definition) is 6. The average molecular weight is 381 g/mol. The van der Waals surface area contributed by atoms with Gasteiger partial charge in [0, 0.05) is 25.7 Å². The predicted molar refractivity (Wildman–Crippen MR) is 81.0 cm³/mol. The van der Waals surface area contributed by atoms with Crippen LogP contribution in [0.5, 0.6) is 0 Å². The van der Waals surface area contributed by atoms with Crippen LogP contribution < -0.4 is 5.32 Å². The van der Waals surface area contributed by atoms with E-state index in [0.717, 1.165) is 39.0 Å². The van der Waals surface area contributed by atoms with Crippen molar-refractivity contribution in [2.24, 2.45) is 0 Å². The van der Waals surface area contributed by atoms with E-state index in [-0.39, 0.29) is 6.10 Å². The SMILES string of the molecule is CNc1nc(C2CSCCO2)nc(COC)c1I. The molecule has 1 aliphatic heterocycles. The number of methoxy groups -OCH3 is 1. The topological polar surface area (TPSA) is 56.3 Å². The number of thioether (sulfide) groups is 1. The van der Waals surface area contributed by atoms with Crippen LogP contribution >= 0.6 is 34.4 Å². The molecule has 7 heteroatoms. The van der Waals surface area contributed by atoms with Gasteiger partial charge in [-0.1, -0.05) is 0 Å². The van der Waals surface area contributed by atoms with E-state index in [0.29, 0.717) is 6.61 Å². The lowest BCUT2D eigenvalue weighted by molar-refractivity contribution is 0.0689. The van der Waals surface area contributed by atoms with Gasteiger partial charge in [0.1, 0.15) is 11.9 Å². The van der Waals surface area contributed by atoms with E-state index in [9.17, 15) is 0 Å². The summed E-state index contributed by atoms with van der Waals surface area (Å²) in [7, 11) is 3.53. The number of nitrogens with one attached hydrogen (secondary N) is 1. The third kappa shape index (κ3) is 3.25. The zero-order valence-electron chi connectivity index (χ0n) is 10.4. The number of anilines is 1. The molecular weight excluding hydrogens is 365 g/mol. The van der Waals surface area contributed by atoms with Gasteiger partial charge in [-0.2, -0.15) is 11.8 Å². The van der Waals surface area contributed by atoms with Crippen molar-refractivity contribution >= 4 is 40.2 Å². The molecule has 0 aromatic carbocycles. The first-order chi connectivity index (χ1) is 8.76. The van der Waals surface area contributed by atoms with E-state index < -0.39 is 0 Å². The van der Waals surface area contributed by atoms with Gasteiger partial charge in [-0.3, -0.25) is 0 Å². The maximum Gasteiger partial charge on any atom is 0.160 e. The number of halogens is 1. The van der Waals surface area contributed by atoms with Gasteiger partial charge in [-0.25, -0.2) is 9.97 Å². The summed E-state index contributed by atoms with van der Waals surface area (Å²) in [6.07, 6.45) is -0.0107. The maximum atomic E-state index is 5.72. The van der Waals surface area contributed by atoms with Crippen LogP contribution in [-0.2, 0) is 16.1 Å². The van der Waals surface area contributed by atoms with Crippen LogP contribution in [0.25, 0.3) is 0 Å². The third-order valence-electron chi connectivity index (χ3n) is 2.56. The van der Waals surface area contributed by atoms with Crippen LogP contribution in [-0.4, -0.2) is 42.2 Å². The van der Waals surface area contributed by atoms with Crippen molar-refractivity contribution in [1.82, 2.24) is 9.97 Å². The number of aromatic nitrogens is 2. The van der Waals surface area contributed by atoms with Crippen LogP contribution in [0.1, 0.15) is 17.6 Å². The normalized spacial score (nSPS) is 19.8. The smallest absolute Gasteiger partial charge is 0.160 e. The summed E-state index contributed by atoms with van der Waals surface area (Å²) in [5, 5.41) is 3.10. The van der Waals surface area contributed by atoms with Crippen molar-refractivity contribution in [3.05, 3.63) is 15.1 Å². The van der Waals surface area contributed by atoms with Crippen molar-refractivity contribution in [3.8, 4) is 0 Å². The molecule has 2 rings (SSSR count). The molecule has 1 unspecified atom stereocenters. The lowest BCUT2D eigenvalue weighted by atomic mass is 10.3. The van der Waals surface area contributed by atoms with Gasteiger partial charge in [0.25, 0.3) is 0 Å². The van der Waals surface area contributed by atoms with Gasteiger partial charge >= 0.3 is 0 Å². The van der Waals surface area contributed by atoms with Crippen molar-refractivity contribution in [3.63, 3.8) is 0 Å². The molecule has 0 aliphatic carbocycles. The molecule has 5 nitrogen and oxygen atoms in total. The molecule has 0 radical (unpaired) electrons. The molecule has 1 aromatic rings. The molecule has 1 saturated heterocycles. The molecule has 100 valence electrons. The second-order valence-corrected chi connectivity index (χ2v) is 6.04. The lowest BCUT2D eigenvalue weighted by Crippen LogP contribution is -2.20. The Balaban J connectivity index is 2.31. The van der Waals surface area contributed by atoms with Crippen molar-refractivity contribution in [2.45, 2.75) is 12.7 Å². The molecule has 1 aliphatic rings. The molecule has 0 amide bonds. The molecular formula is C11H16IN3O2S. The van der Waals surface area contributed by atoms with Crippen molar-refractivity contribution < 1.29 is 9.47 Å². The number of nitrogens with zero attached hydrogens (tertiary/aromatic N) is 2. The van der Waals surface area contributed by atoms with Gasteiger partial charge in [-0.05, 0) is 22.6 Å². The molecule has 0 spiro atoms. The third-order valence-corrected chi connectivity index (χ3v) is 4.69. The van der Waals surface area contributed by atoms with E-state index in [1.54, 1.807) is 7.11 Å². The Morgan fingerprint density at radius 2 is 2.39 bits per heavy atom. The maximum absolute atomic E-state index is 5.72. The van der Waals surface area contributed by atoms with Gasteiger partial charge < -0.3 is 14.8 Å². The van der Waals surface area contributed by atoms with Gasteiger partial charge in [0.2, 0.25) is 0 Å². The van der Waals surface area contributed by atoms with Crippen LogP contribution in [0, 0.1) is 3.57 Å². The molecule has 1 atom stereocenters. The molecule has 1 aromatic heterocycles. The lowest BCUT2D eigenvalue weighted by Gasteiger charge is -2.22. The number of rotatable bonds is 4. The number of hydrogen-bond donors (Lipinski definition) is 1. The fourth-order valence-electron chi connectivity index (χ4n) is 1.69. The molecule has 18 heavy (non-hydrogen) atoms. The van der Waals surface area contributed by atoms with E-state index in [1.807, 2.05) is 18.8 Å². The zero-order chi connectivity index (χ0) is 13.0. The standard InChI is InChI=1S/C11H16IN3O2S/c1-13-11-9(12)7(5-16-2)14-10(15-11)8-6-18-4-3-17-8/h8H,3-6H2,1-2H3,(H,13,14,15). The largest absolute Gasteiger partial charge is 0.378 e. The fourth-order valence-corrected chi connectivity index (χ4v) is 3.20. The molecule has 1 fully saturated rings. The zero-order valence-corrected chi connectivity index (χ0v) is 13.4. The van der Waals surface area contributed by atoms with Crippen molar-refractivity contribution in [2.75, 3.05) is 37.6 Å². The van der Waals surface area contributed by atoms with E-state index in [2.05, 4.69) is 37.9 Å². The first-order valence-electron chi connectivity index (χ1n) is 5.68. The summed E-state index contributed by atoms with van der Waals surface area (Å²) in [5.74, 6) is 3.55. The summed E-state index contributed by atoms with van der Waals surface area (Å²) >= 11 is 4.11. The molecule has 0 bridgehead atoms. The van der Waals surface area contributed by atoms with Crippen LogP contribution in [0.15, 0.2) is 0 Å². The Bertz CT molecular complexity index is 414. The van der Waals surface area contributed by atoms with Gasteiger partial charge in [-0.15, -0.1) is 0 Å². The second kappa shape index (κ2) is 6.88. The Morgan fingerprint density at radius 1 is 1.56 bits per heavy atom. The van der Waals surface area contributed by atoms with Crippen LogP contribution in [0.2, 0.25) is 0 Å². The Hall–Kier alpha value is -0.120. The Labute approximate surface area is 125 Å². The van der Waals surface area contributed by atoms with Crippen molar-refractivity contribution in [1.29, 1.82) is 0 Å². The minimum atomic E-state index is -0.0107. The van der Waals surface area contributed by atoms with Gasteiger partial charge in [0.15, 0.2) is 5.82 Å². The Morgan fingerprint density at radius 3 is 3.00 bits per heavy atom. The molecule has 0 saturated carbocycles. The first-order valence-corrected chi connectivity index (χ1v) is 7.92. The second-order valence-electron chi connectivity index (χ2n) is 3.81. The van der Waals surface area contributed by atoms with E-state index in [1.165, 1.54) is 0 Å². The minimum absolute atomic E-state index is 0.0107. The number of ether oxygens (including phenoxy) is 2. The minimum Gasteiger partial charge on any atom is -0.378 e. The highest BCUT2D eigenvalue weighted by Crippen LogP contribution is 2.27.